The number of piperidine rings is 1. The fraction of sp³-hybridized carbons (Fsp3) is 0.333. The Morgan fingerprint density at radius 3 is 2.55 bits per heavy atom. The maximum Gasteiger partial charge on any atom is 0.126 e. The zero-order valence-electron chi connectivity index (χ0n) is 11.8. The molecule has 2 aromatic rings. The summed E-state index contributed by atoms with van der Waals surface area (Å²) in [4.78, 5) is 0. The van der Waals surface area contributed by atoms with Gasteiger partial charge in [0.2, 0.25) is 0 Å². The van der Waals surface area contributed by atoms with Crippen LogP contribution in [-0.4, -0.2) is 13.1 Å². The van der Waals surface area contributed by atoms with Gasteiger partial charge in [-0.2, -0.15) is 0 Å². The summed E-state index contributed by atoms with van der Waals surface area (Å²) < 4.78 is 13.5. The van der Waals surface area contributed by atoms with Crippen LogP contribution in [0.4, 0.5) is 4.39 Å². The maximum atomic E-state index is 13.5. The molecule has 1 nitrogen and oxygen atoms in total. The summed E-state index contributed by atoms with van der Waals surface area (Å²) in [6, 6.07) is 16.2. The molecule has 20 heavy (non-hydrogen) atoms. The number of benzene rings is 2. The standard InChI is InChI=1S/C18H20FN/c1-13-11-15(7-8-18(13)19)16-9-10-20-12-17(16)14-5-3-2-4-6-14/h2-8,11,16-17,20H,9-10,12H2,1H3. The normalized spacial score (nSPS) is 22.7. The Labute approximate surface area is 119 Å². The third kappa shape index (κ3) is 2.61. The van der Waals surface area contributed by atoms with E-state index in [1.165, 1.54) is 11.1 Å². The van der Waals surface area contributed by atoms with E-state index in [1.807, 2.05) is 19.1 Å². The Morgan fingerprint density at radius 2 is 1.80 bits per heavy atom. The van der Waals surface area contributed by atoms with Gasteiger partial charge in [-0.3, -0.25) is 0 Å². The van der Waals surface area contributed by atoms with Crippen LogP contribution < -0.4 is 5.32 Å². The first-order valence-corrected chi connectivity index (χ1v) is 7.27. The third-order valence-electron chi connectivity index (χ3n) is 4.32. The van der Waals surface area contributed by atoms with Gasteiger partial charge >= 0.3 is 0 Å². The van der Waals surface area contributed by atoms with Crippen LogP contribution >= 0.6 is 0 Å². The first kappa shape index (κ1) is 13.3. The van der Waals surface area contributed by atoms with E-state index >= 15 is 0 Å². The molecule has 1 heterocycles. The number of halogens is 1. The topological polar surface area (TPSA) is 12.0 Å². The minimum absolute atomic E-state index is 0.112. The summed E-state index contributed by atoms with van der Waals surface area (Å²) in [5.74, 6) is 0.826. The van der Waals surface area contributed by atoms with Crippen molar-refractivity contribution in [1.82, 2.24) is 5.32 Å². The molecule has 1 fully saturated rings. The third-order valence-corrected chi connectivity index (χ3v) is 4.32. The minimum Gasteiger partial charge on any atom is -0.316 e. The molecule has 0 bridgehead atoms. The lowest BCUT2D eigenvalue weighted by Gasteiger charge is -2.33. The fourth-order valence-electron chi connectivity index (χ4n) is 3.21. The van der Waals surface area contributed by atoms with Crippen LogP contribution in [0.2, 0.25) is 0 Å². The summed E-state index contributed by atoms with van der Waals surface area (Å²) in [5.41, 5.74) is 3.37. The summed E-state index contributed by atoms with van der Waals surface area (Å²) >= 11 is 0. The second-order valence-electron chi connectivity index (χ2n) is 5.63. The van der Waals surface area contributed by atoms with Crippen LogP contribution in [0.5, 0.6) is 0 Å². The smallest absolute Gasteiger partial charge is 0.126 e. The molecule has 2 atom stereocenters. The van der Waals surface area contributed by atoms with Gasteiger partial charge in [0.05, 0.1) is 0 Å². The molecule has 2 heteroatoms. The highest BCUT2D eigenvalue weighted by Crippen LogP contribution is 2.37. The van der Waals surface area contributed by atoms with Gasteiger partial charge in [-0.15, -0.1) is 0 Å². The average Bonchev–Trinajstić information content (AvgIpc) is 2.51. The van der Waals surface area contributed by atoms with Crippen LogP contribution in [0, 0.1) is 12.7 Å². The molecule has 2 aromatic carbocycles. The van der Waals surface area contributed by atoms with E-state index in [0.29, 0.717) is 11.8 Å². The van der Waals surface area contributed by atoms with Gasteiger partial charge in [0.25, 0.3) is 0 Å². The van der Waals surface area contributed by atoms with Crippen LogP contribution in [0.15, 0.2) is 48.5 Å². The predicted octanol–water partition coefficient (Wildman–Crippen LogP) is 3.99. The zero-order chi connectivity index (χ0) is 13.9. The number of aryl methyl sites for hydroxylation is 1. The van der Waals surface area contributed by atoms with Gasteiger partial charge in [0.1, 0.15) is 5.82 Å². The van der Waals surface area contributed by atoms with Crippen molar-refractivity contribution in [3.63, 3.8) is 0 Å². The minimum atomic E-state index is -0.112. The van der Waals surface area contributed by atoms with E-state index in [9.17, 15) is 4.39 Å². The molecule has 0 spiro atoms. The molecular weight excluding hydrogens is 249 g/mol. The van der Waals surface area contributed by atoms with E-state index in [4.69, 9.17) is 0 Å². The number of rotatable bonds is 2. The largest absolute Gasteiger partial charge is 0.316 e. The average molecular weight is 269 g/mol. The van der Waals surface area contributed by atoms with Gasteiger partial charge in [-0.25, -0.2) is 4.39 Å². The summed E-state index contributed by atoms with van der Waals surface area (Å²) in [7, 11) is 0. The van der Waals surface area contributed by atoms with Crippen LogP contribution in [-0.2, 0) is 0 Å². The molecule has 3 rings (SSSR count). The van der Waals surface area contributed by atoms with Crippen molar-refractivity contribution in [2.75, 3.05) is 13.1 Å². The Hall–Kier alpha value is -1.67. The Morgan fingerprint density at radius 1 is 1.00 bits per heavy atom. The summed E-state index contributed by atoms with van der Waals surface area (Å²) in [6.45, 7) is 3.87. The van der Waals surface area contributed by atoms with Gasteiger partial charge in [0.15, 0.2) is 0 Å². The number of nitrogens with one attached hydrogen (secondary N) is 1. The van der Waals surface area contributed by atoms with Crippen LogP contribution in [0.25, 0.3) is 0 Å². The highest BCUT2D eigenvalue weighted by atomic mass is 19.1. The van der Waals surface area contributed by atoms with Crippen LogP contribution in [0.3, 0.4) is 0 Å². The van der Waals surface area contributed by atoms with Crippen molar-refractivity contribution in [1.29, 1.82) is 0 Å². The van der Waals surface area contributed by atoms with Crippen molar-refractivity contribution in [2.24, 2.45) is 0 Å². The molecule has 104 valence electrons. The van der Waals surface area contributed by atoms with E-state index in [-0.39, 0.29) is 5.82 Å². The van der Waals surface area contributed by atoms with E-state index in [1.54, 1.807) is 6.07 Å². The molecule has 2 unspecified atom stereocenters. The molecule has 0 saturated carbocycles. The predicted molar refractivity (Wildman–Crippen MR) is 80.5 cm³/mol. The lowest BCUT2D eigenvalue weighted by atomic mass is 9.77. The molecule has 1 saturated heterocycles. The van der Waals surface area contributed by atoms with Crippen molar-refractivity contribution >= 4 is 0 Å². The summed E-state index contributed by atoms with van der Waals surface area (Å²) in [6.07, 6.45) is 1.10. The van der Waals surface area contributed by atoms with E-state index in [0.717, 1.165) is 25.1 Å². The first-order valence-electron chi connectivity index (χ1n) is 7.27. The highest BCUT2D eigenvalue weighted by molar-refractivity contribution is 5.32. The number of hydrogen-bond donors (Lipinski definition) is 1. The van der Waals surface area contributed by atoms with E-state index in [2.05, 4.69) is 35.6 Å². The van der Waals surface area contributed by atoms with E-state index < -0.39 is 0 Å². The molecule has 0 radical (unpaired) electrons. The summed E-state index contributed by atoms with van der Waals surface area (Å²) in [5, 5.41) is 3.48. The van der Waals surface area contributed by atoms with Crippen molar-refractivity contribution < 1.29 is 4.39 Å². The molecule has 1 aliphatic rings. The monoisotopic (exact) mass is 269 g/mol. The first-order chi connectivity index (χ1) is 9.75. The lowest BCUT2D eigenvalue weighted by Crippen LogP contribution is -2.34. The molecule has 1 N–H and O–H groups in total. The Kier molecular flexibility index (Phi) is 3.83. The lowest BCUT2D eigenvalue weighted by molar-refractivity contribution is 0.403. The second-order valence-corrected chi connectivity index (χ2v) is 5.63. The van der Waals surface area contributed by atoms with Gasteiger partial charge in [0, 0.05) is 12.5 Å². The molecule has 0 aliphatic carbocycles. The van der Waals surface area contributed by atoms with Gasteiger partial charge in [-0.05, 0) is 48.6 Å². The van der Waals surface area contributed by atoms with Crippen LogP contribution in [0.1, 0.15) is 34.9 Å². The van der Waals surface area contributed by atoms with Crippen molar-refractivity contribution in [3.05, 3.63) is 71.0 Å². The zero-order valence-corrected chi connectivity index (χ0v) is 11.8. The molecular formula is C18H20FN. The Bertz CT molecular complexity index is 579. The number of hydrogen-bond acceptors (Lipinski definition) is 1. The second kappa shape index (κ2) is 5.76. The fourth-order valence-corrected chi connectivity index (χ4v) is 3.21. The van der Waals surface area contributed by atoms with Gasteiger partial charge in [-0.1, -0.05) is 42.5 Å². The van der Waals surface area contributed by atoms with Crippen molar-refractivity contribution in [2.45, 2.75) is 25.2 Å². The quantitative estimate of drug-likeness (QED) is 0.869. The highest BCUT2D eigenvalue weighted by Gasteiger charge is 2.27. The SMILES string of the molecule is Cc1cc(C2CCNCC2c2ccccc2)ccc1F. The van der Waals surface area contributed by atoms with Crippen molar-refractivity contribution in [3.8, 4) is 0 Å². The molecule has 1 aliphatic heterocycles. The Balaban J connectivity index is 1.94. The van der Waals surface area contributed by atoms with Gasteiger partial charge < -0.3 is 5.32 Å². The molecule has 0 aromatic heterocycles. The molecule has 0 amide bonds. The maximum absolute atomic E-state index is 13.5.